The standard InChI is InChI=1S/C25H32N2O4/c1-26(2)24(29)25(14-5-15-27(18-25)23(28)17-30-3)16-19-6-8-20(9-7-19)21-10-12-22(31-4)13-11-21/h6-13H,5,14-18H2,1-4H3. The second-order valence-corrected chi connectivity index (χ2v) is 8.43. The third-order valence-electron chi connectivity index (χ3n) is 5.98. The molecule has 0 saturated carbocycles. The van der Waals surface area contributed by atoms with Crippen molar-refractivity contribution in [3.63, 3.8) is 0 Å². The Kier molecular flexibility index (Phi) is 7.33. The van der Waals surface area contributed by atoms with Gasteiger partial charge in [-0.2, -0.15) is 0 Å². The average molecular weight is 425 g/mol. The van der Waals surface area contributed by atoms with Crippen LogP contribution in [0.4, 0.5) is 0 Å². The number of hydrogen-bond acceptors (Lipinski definition) is 4. The van der Waals surface area contributed by atoms with Crippen molar-refractivity contribution < 1.29 is 19.1 Å². The molecule has 6 nitrogen and oxygen atoms in total. The van der Waals surface area contributed by atoms with Crippen molar-refractivity contribution in [1.29, 1.82) is 0 Å². The third kappa shape index (κ3) is 5.25. The van der Waals surface area contributed by atoms with Gasteiger partial charge in [0.25, 0.3) is 0 Å². The molecule has 1 saturated heterocycles. The van der Waals surface area contributed by atoms with Crippen LogP contribution in [0.1, 0.15) is 18.4 Å². The third-order valence-corrected chi connectivity index (χ3v) is 5.98. The zero-order chi connectivity index (χ0) is 22.4. The summed E-state index contributed by atoms with van der Waals surface area (Å²) in [6.45, 7) is 1.14. The first kappa shape index (κ1) is 22.8. The zero-order valence-corrected chi connectivity index (χ0v) is 18.9. The summed E-state index contributed by atoms with van der Waals surface area (Å²) in [6.07, 6.45) is 2.17. The number of methoxy groups -OCH3 is 2. The smallest absolute Gasteiger partial charge is 0.248 e. The molecule has 0 radical (unpaired) electrons. The van der Waals surface area contributed by atoms with Gasteiger partial charge in [-0.25, -0.2) is 0 Å². The molecule has 0 aromatic heterocycles. The van der Waals surface area contributed by atoms with Crippen molar-refractivity contribution >= 4 is 11.8 Å². The molecule has 0 N–H and O–H groups in total. The molecule has 0 spiro atoms. The van der Waals surface area contributed by atoms with Crippen LogP contribution in [0.25, 0.3) is 11.1 Å². The molecule has 0 aliphatic carbocycles. The Morgan fingerprint density at radius 1 is 1.00 bits per heavy atom. The van der Waals surface area contributed by atoms with Crippen molar-refractivity contribution in [2.24, 2.45) is 5.41 Å². The summed E-state index contributed by atoms with van der Waals surface area (Å²) in [6, 6.07) is 16.3. The first-order valence-corrected chi connectivity index (χ1v) is 10.6. The van der Waals surface area contributed by atoms with Gasteiger partial charge in [0.05, 0.1) is 12.5 Å². The fourth-order valence-electron chi connectivity index (χ4n) is 4.42. The first-order chi connectivity index (χ1) is 14.9. The number of rotatable bonds is 7. The normalized spacial score (nSPS) is 18.5. The van der Waals surface area contributed by atoms with E-state index in [1.807, 2.05) is 24.3 Å². The first-order valence-electron chi connectivity index (χ1n) is 10.6. The molecule has 1 unspecified atom stereocenters. The van der Waals surface area contributed by atoms with Gasteiger partial charge >= 0.3 is 0 Å². The molecule has 1 aliphatic heterocycles. The van der Waals surface area contributed by atoms with Crippen LogP contribution in [-0.4, -0.2) is 69.6 Å². The summed E-state index contributed by atoms with van der Waals surface area (Å²) in [7, 11) is 6.74. The van der Waals surface area contributed by atoms with Gasteiger partial charge in [0.2, 0.25) is 11.8 Å². The number of carbonyl (C=O) groups is 2. The van der Waals surface area contributed by atoms with E-state index >= 15 is 0 Å². The highest BCUT2D eigenvalue weighted by molar-refractivity contribution is 5.85. The Labute approximate surface area is 184 Å². The number of amides is 2. The molecule has 31 heavy (non-hydrogen) atoms. The summed E-state index contributed by atoms with van der Waals surface area (Å²) in [5, 5.41) is 0. The number of hydrogen-bond donors (Lipinski definition) is 0. The second kappa shape index (κ2) is 9.96. The van der Waals surface area contributed by atoms with Crippen molar-refractivity contribution in [3.05, 3.63) is 54.1 Å². The summed E-state index contributed by atoms with van der Waals surface area (Å²) < 4.78 is 10.3. The van der Waals surface area contributed by atoms with E-state index in [0.717, 1.165) is 35.3 Å². The Balaban J connectivity index is 1.82. The Morgan fingerprint density at radius 2 is 1.61 bits per heavy atom. The SMILES string of the molecule is COCC(=O)N1CCCC(Cc2ccc(-c3ccc(OC)cc3)cc2)(C(=O)N(C)C)C1. The van der Waals surface area contributed by atoms with Crippen LogP contribution < -0.4 is 4.74 Å². The second-order valence-electron chi connectivity index (χ2n) is 8.43. The number of piperidine rings is 1. The van der Waals surface area contributed by atoms with Crippen molar-refractivity contribution in [2.45, 2.75) is 19.3 Å². The van der Waals surface area contributed by atoms with Crippen LogP contribution in [-0.2, 0) is 20.7 Å². The molecular weight excluding hydrogens is 392 g/mol. The highest BCUT2D eigenvalue weighted by atomic mass is 16.5. The molecule has 6 heteroatoms. The summed E-state index contributed by atoms with van der Waals surface area (Å²) in [5.74, 6) is 0.837. The summed E-state index contributed by atoms with van der Waals surface area (Å²) in [5.41, 5.74) is 2.70. The lowest BCUT2D eigenvalue weighted by atomic mass is 9.73. The van der Waals surface area contributed by atoms with Gasteiger partial charge in [0.1, 0.15) is 12.4 Å². The van der Waals surface area contributed by atoms with Gasteiger partial charge in [-0.05, 0) is 48.1 Å². The Bertz CT molecular complexity index is 893. The van der Waals surface area contributed by atoms with Gasteiger partial charge in [-0.1, -0.05) is 36.4 Å². The van der Waals surface area contributed by atoms with E-state index in [1.54, 1.807) is 31.0 Å². The highest BCUT2D eigenvalue weighted by Gasteiger charge is 2.44. The minimum atomic E-state index is -0.618. The van der Waals surface area contributed by atoms with E-state index in [0.29, 0.717) is 19.5 Å². The van der Waals surface area contributed by atoms with Crippen molar-refractivity contribution in [2.75, 3.05) is 48.0 Å². The van der Waals surface area contributed by atoms with Gasteiger partial charge in [0, 0.05) is 34.3 Å². The molecule has 1 aliphatic rings. The molecule has 1 fully saturated rings. The number of carbonyl (C=O) groups excluding carboxylic acids is 2. The number of likely N-dealkylation sites (tertiary alicyclic amines) is 1. The number of ether oxygens (including phenoxy) is 2. The van der Waals surface area contributed by atoms with E-state index in [1.165, 1.54) is 7.11 Å². The summed E-state index contributed by atoms with van der Waals surface area (Å²) in [4.78, 5) is 29.1. The topological polar surface area (TPSA) is 59.1 Å². The van der Waals surface area contributed by atoms with E-state index in [2.05, 4.69) is 24.3 Å². The molecule has 2 aromatic rings. The number of benzene rings is 2. The lowest BCUT2D eigenvalue weighted by Gasteiger charge is -2.43. The predicted molar refractivity (Wildman–Crippen MR) is 121 cm³/mol. The molecule has 2 amide bonds. The molecule has 1 heterocycles. The minimum absolute atomic E-state index is 0.0444. The van der Waals surface area contributed by atoms with Gasteiger partial charge in [0.15, 0.2) is 0 Å². The van der Waals surface area contributed by atoms with Gasteiger partial charge in [-0.15, -0.1) is 0 Å². The van der Waals surface area contributed by atoms with Crippen molar-refractivity contribution in [3.8, 4) is 16.9 Å². The number of nitrogens with zero attached hydrogens (tertiary/aromatic N) is 2. The maximum Gasteiger partial charge on any atom is 0.248 e. The van der Waals surface area contributed by atoms with Crippen LogP contribution in [0.2, 0.25) is 0 Å². The minimum Gasteiger partial charge on any atom is -0.497 e. The lowest BCUT2D eigenvalue weighted by molar-refractivity contribution is -0.148. The van der Waals surface area contributed by atoms with E-state index in [4.69, 9.17) is 9.47 Å². The quantitative estimate of drug-likeness (QED) is 0.685. The largest absolute Gasteiger partial charge is 0.497 e. The van der Waals surface area contributed by atoms with E-state index in [-0.39, 0.29) is 18.4 Å². The van der Waals surface area contributed by atoms with Crippen LogP contribution in [0.5, 0.6) is 5.75 Å². The van der Waals surface area contributed by atoms with E-state index in [9.17, 15) is 9.59 Å². The fourth-order valence-corrected chi connectivity index (χ4v) is 4.42. The molecular formula is C25H32N2O4. The summed E-state index contributed by atoms with van der Waals surface area (Å²) >= 11 is 0. The molecule has 166 valence electrons. The van der Waals surface area contributed by atoms with E-state index < -0.39 is 5.41 Å². The molecule has 0 bridgehead atoms. The van der Waals surface area contributed by atoms with Crippen LogP contribution in [0, 0.1) is 5.41 Å². The van der Waals surface area contributed by atoms with Crippen LogP contribution in [0.15, 0.2) is 48.5 Å². The highest BCUT2D eigenvalue weighted by Crippen LogP contribution is 2.36. The lowest BCUT2D eigenvalue weighted by Crippen LogP contribution is -2.54. The molecule has 3 rings (SSSR count). The molecule has 2 aromatic carbocycles. The molecule has 1 atom stereocenters. The monoisotopic (exact) mass is 424 g/mol. The van der Waals surface area contributed by atoms with Gasteiger partial charge in [-0.3, -0.25) is 9.59 Å². The fraction of sp³-hybridized carbons (Fsp3) is 0.440. The predicted octanol–water partition coefficient (Wildman–Crippen LogP) is 3.25. The zero-order valence-electron chi connectivity index (χ0n) is 18.9. The van der Waals surface area contributed by atoms with Crippen LogP contribution in [0.3, 0.4) is 0 Å². The maximum atomic E-state index is 13.2. The maximum absolute atomic E-state index is 13.2. The van der Waals surface area contributed by atoms with Gasteiger partial charge < -0.3 is 19.3 Å². The van der Waals surface area contributed by atoms with Crippen molar-refractivity contribution in [1.82, 2.24) is 9.80 Å². The van der Waals surface area contributed by atoms with Crippen LogP contribution >= 0.6 is 0 Å². The average Bonchev–Trinajstić information content (AvgIpc) is 2.79. The Morgan fingerprint density at radius 3 is 2.16 bits per heavy atom. The Hall–Kier alpha value is -2.86.